The Morgan fingerprint density at radius 2 is 1.93 bits per heavy atom. The van der Waals surface area contributed by atoms with E-state index in [1.807, 2.05) is 12.1 Å². The van der Waals surface area contributed by atoms with E-state index in [2.05, 4.69) is 5.32 Å². The van der Waals surface area contributed by atoms with Crippen LogP contribution in [0.1, 0.15) is 5.56 Å². The van der Waals surface area contributed by atoms with Crippen molar-refractivity contribution in [1.29, 1.82) is 5.26 Å². The lowest BCUT2D eigenvalue weighted by molar-refractivity contribution is -0.117. The van der Waals surface area contributed by atoms with Gasteiger partial charge < -0.3 is 5.32 Å². The lowest BCUT2D eigenvalue weighted by Crippen LogP contribution is -2.31. The highest BCUT2D eigenvalue weighted by Gasteiger charge is 2.40. The van der Waals surface area contributed by atoms with E-state index < -0.39 is 11.2 Å². The third-order valence-electron chi connectivity index (χ3n) is 4.18. The Balaban J connectivity index is 2.05. The molecule has 1 fully saturated rings. The summed E-state index contributed by atoms with van der Waals surface area (Å²) in [5, 5.41) is 12.6. The zero-order valence-corrected chi connectivity index (χ0v) is 17.1. The SMILES string of the molecule is CNC(=O)/C(C#N)=C1\SC(Cc2cccc(Cl)c2Cl)C(=O)N1c1ccccc1. The van der Waals surface area contributed by atoms with Crippen LogP contribution in [0, 0.1) is 11.3 Å². The number of halogens is 2. The summed E-state index contributed by atoms with van der Waals surface area (Å²) in [7, 11) is 1.44. The van der Waals surface area contributed by atoms with Crippen molar-refractivity contribution < 1.29 is 9.59 Å². The Kier molecular flexibility index (Phi) is 6.30. The highest BCUT2D eigenvalue weighted by atomic mass is 35.5. The highest BCUT2D eigenvalue weighted by Crippen LogP contribution is 2.42. The third-order valence-corrected chi connectivity index (χ3v) is 6.30. The van der Waals surface area contributed by atoms with Crippen LogP contribution in [-0.4, -0.2) is 24.1 Å². The Hall–Kier alpha value is -2.46. The molecular formula is C20H15Cl2N3O2S. The van der Waals surface area contributed by atoms with Crippen LogP contribution in [0.2, 0.25) is 10.0 Å². The zero-order chi connectivity index (χ0) is 20.3. The number of amides is 2. The van der Waals surface area contributed by atoms with E-state index in [0.29, 0.717) is 27.2 Å². The van der Waals surface area contributed by atoms with Crippen molar-refractivity contribution in [2.75, 3.05) is 11.9 Å². The molecule has 1 aliphatic rings. The molecule has 1 unspecified atom stereocenters. The molecule has 0 aliphatic carbocycles. The molecule has 0 bridgehead atoms. The molecule has 0 spiro atoms. The van der Waals surface area contributed by atoms with Gasteiger partial charge in [-0.3, -0.25) is 14.5 Å². The second-order valence-electron chi connectivity index (χ2n) is 5.90. The maximum atomic E-state index is 13.2. The number of hydrogen-bond acceptors (Lipinski definition) is 4. The number of nitrogens with one attached hydrogen (secondary N) is 1. The molecule has 1 saturated heterocycles. The zero-order valence-electron chi connectivity index (χ0n) is 14.8. The second-order valence-corrected chi connectivity index (χ2v) is 7.88. The number of carbonyl (C=O) groups is 2. The predicted molar refractivity (Wildman–Crippen MR) is 112 cm³/mol. The molecule has 5 nitrogen and oxygen atoms in total. The van der Waals surface area contributed by atoms with Gasteiger partial charge in [0.25, 0.3) is 5.91 Å². The van der Waals surface area contributed by atoms with Crippen molar-refractivity contribution in [3.8, 4) is 6.07 Å². The Morgan fingerprint density at radius 3 is 2.57 bits per heavy atom. The molecule has 1 N–H and O–H groups in total. The second kappa shape index (κ2) is 8.70. The minimum atomic E-state index is -0.542. The van der Waals surface area contributed by atoms with Crippen molar-refractivity contribution >= 4 is 52.5 Å². The predicted octanol–water partition coefficient (Wildman–Crippen LogP) is 4.17. The van der Waals surface area contributed by atoms with E-state index in [0.717, 1.165) is 5.56 Å². The van der Waals surface area contributed by atoms with Crippen LogP contribution < -0.4 is 10.2 Å². The smallest absolute Gasteiger partial charge is 0.264 e. The van der Waals surface area contributed by atoms with Gasteiger partial charge >= 0.3 is 0 Å². The average Bonchev–Trinajstić information content (AvgIpc) is 3.02. The van der Waals surface area contributed by atoms with Crippen molar-refractivity contribution in [1.82, 2.24) is 5.32 Å². The molecule has 0 aromatic heterocycles. The molecule has 1 atom stereocenters. The lowest BCUT2D eigenvalue weighted by atomic mass is 10.1. The molecule has 1 heterocycles. The molecule has 142 valence electrons. The number of nitriles is 1. The lowest BCUT2D eigenvalue weighted by Gasteiger charge is -2.18. The standard InChI is InChI=1S/C20H15Cl2N3O2S/c1-24-18(26)14(11-23)20-25(13-7-3-2-4-8-13)19(27)16(28-20)10-12-6-5-9-15(21)17(12)22/h2-9,16H,10H2,1H3,(H,24,26)/b20-14-. The fourth-order valence-electron chi connectivity index (χ4n) is 2.83. The number of nitrogens with zero attached hydrogens (tertiary/aromatic N) is 2. The van der Waals surface area contributed by atoms with Gasteiger partial charge in [-0.25, -0.2) is 0 Å². The molecule has 0 radical (unpaired) electrons. The van der Waals surface area contributed by atoms with Gasteiger partial charge in [-0.1, -0.05) is 65.3 Å². The number of benzene rings is 2. The quantitative estimate of drug-likeness (QED) is 0.582. The molecule has 2 amide bonds. The highest BCUT2D eigenvalue weighted by molar-refractivity contribution is 8.05. The third kappa shape index (κ3) is 3.88. The minimum absolute atomic E-state index is 0.107. The van der Waals surface area contributed by atoms with Crippen molar-refractivity contribution in [3.05, 3.63) is 74.7 Å². The summed E-state index contributed by atoms with van der Waals surface area (Å²) in [6.45, 7) is 0. The van der Waals surface area contributed by atoms with E-state index in [-0.39, 0.29) is 11.5 Å². The maximum Gasteiger partial charge on any atom is 0.264 e. The summed E-state index contributed by atoms with van der Waals surface area (Å²) in [6.07, 6.45) is 0.322. The van der Waals surface area contributed by atoms with E-state index in [1.54, 1.807) is 42.5 Å². The minimum Gasteiger partial charge on any atom is -0.354 e. The summed E-state index contributed by atoms with van der Waals surface area (Å²) in [4.78, 5) is 26.8. The van der Waals surface area contributed by atoms with Crippen LogP contribution in [0.5, 0.6) is 0 Å². The first-order chi connectivity index (χ1) is 13.5. The summed E-state index contributed by atoms with van der Waals surface area (Å²) in [5.41, 5.74) is 1.21. The molecule has 2 aromatic carbocycles. The summed E-state index contributed by atoms with van der Waals surface area (Å²) in [5.74, 6) is -0.765. The normalized spacial score (nSPS) is 18.0. The van der Waals surface area contributed by atoms with Gasteiger partial charge in [0.2, 0.25) is 5.91 Å². The number of rotatable bonds is 4. The number of likely N-dealkylation sites (N-methyl/N-ethyl adjacent to an activating group) is 1. The number of carbonyl (C=O) groups excluding carboxylic acids is 2. The van der Waals surface area contributed by atoms with Gasteiger partial charge in [-0.15, -0.1) is 0 Å². The Morgan fingerprint density at radius 1 is 1.21 bits per heavy atom. The molecule has 3 rings (SSSR count). The van der Waals surface area contributed by atoms with E-state index in [1.165, 1.54) is 23.7 Å². The summed E-state index contributed by atoms with van der Waals surface area (Å²) in [6, 6.07) is 16.1. The van der Waals surface area contributed by atoms with Gasteiger partial charge in [0.15, 0.2) is 0 Å². The topological polar surface area (TPSA) is 73.2 Å². The van der Waals surface area contributed by atoms with Crippen molar-refractivity contribution in [2.24, 2.45) is 0 Å². The first-order valence-corrected chi connectivity index (χ1v) is 9.96. The fraction of sp³-hybridized carbons (Fsp3) is 0.150. The van der Waals surface area contributed by atoms with Crippen molar-refractivity contribution in [3.63, 3.8) is 0 Å². The van der Waals surface area contributed by atoms with E-state index in [9.17, 15) is 14.9 Å². The van der Waals surface area contributed by atoms with Gasteiger partial charge in [0.1, 0.15) is 16.7 Å². The van der Waals surface area contributed by atoms with E-state index in [4.69, 9.17) is 23.2 Å². The average molecular weight is 432 g/mol. The van der Waals surface area contributed by atoms with Gasteiger partial charge in [-0.05, 0) is 30.2 Å². The maximum absolute atomic E-state index is 13.2. The number of thioether (sulfide) groups is 1. The molecular weight excluding hydrogens is 417 g/mol. The number of hydrogen-bond donors (Lipinski definition) is 1. The van der Waals surface area contributed by atoms with Crippen LogP contribution in [0.3, 0.4) is 0 Å². The summed E-state index contributed by atoms with van der Waals surface area (Å²) >= 11 is 13.5. The number of para-hydroxylation sites is 1. The molecule has 8 heteroatoms. The molecule has 28 heavy (non-hydrogen) atoms. The van der Waals surface area contributed by atoms with Crippen molar-refractivity contribution in [2.45, 2.75) is 11.7 Å². The number of anilines is 1. The van der Waals surface area contributed by atoms with Crippen LogP contribution in [0.25, 0.3) is 0 Å². The van der Waals surface area contributed by atoms with Crippen LogP contribution in [0.15, 0.2) is 59.1 Å². The Labute approximate surface area is 176 Å². The van der Waals surface area contributed by atoms with Crippen LogP contribution in [0.4, 0.5) is 5.69 Å². The Bertz CT molecular complexity index is 1000. The molecule has 0 saturated carbocycles. The fourth-order valence-corrected chi connectivity index (χ4v) is 4.52. The first kappa shape index (κ1) is 20.3. The van der Waals surface area contributed by atoms with Gasteiger partial charge in [0, 0.05) is 12.7 Å². The van der Waals surface area contributed by atoms with E-state index >= 15 is 0 Å². The molecule has 2 aromatic rings. The molecule has 1 aliphatic heterocycles. The van der Waals surface area contributed by atoms with Crippen LogP contribution >= 0.6 is 35.0 Å². The van der Waals surface area contributed by atoms with Crippen LogP contribution in [-0.2, 0) is 16.0 Å². The van der Waals surface area contributed by atoms with Gasteiger partial charge in [0.05, 0.1) is 15.3 Å². The first-order valence-electron chi connectivity index (χ1n) is 8.33. The van der Waals surface area contributed by atoms with Gasteiger partial charge in [-0.2, -0.15) is 5.26 Å². The summed E-state index contributed by atoms with van der Waals surface area (Å²) < 4.78 is 0. The monoisotopic (exact) mass is 431 g/mol. The largest absolute Gasteiger partial charge is 0.354 e.